The molecule has 2 rings (SSSR count). The number of nitrogens with two attached hydrogens (primary N) is 1. The van der Waals surface area contributed by atoms with Gasteiger partial charge in [0.05, 0.1) is 0 Å². The van der Waals surface area contributed by atoms with Gasteiger partial charge in [0.2, 0.25) is 0 Å². The Morgan fingerprint density at radius 1 is 1.29 bits per heavy atom. The van der Waals surface area contributed by atoms with E-state index in [1.54, 1.807) is 0 Å². The summed E-state index contributed by atoms with van der Waals surface area (Å²) in [6, 6.07) is 8.03. The fraction of sp³-hybridized carbons (Fsp3) is 0.100. The average Bonchev–Trinajstić information content (AvgIpc) is 2.50. The second-order valence-electron chi connectivity index (χ2n) is 3.03. The van der Waals surface area contributed by atoms with Crippen LogP contribution in [0.25, 0.3) is 11.3 Å². The van der Waals surface area contributed by atoms with E-state index in [1.807, 2.05) is 31.2 Å². The summed E-state index contributed by atoms with van der Waals surface area (Å²) in [6.45, 7) is 1.90. The van der Waals surface area contributed by atoms with Gasteiger partial charge in [-0.2, -0.15) is 0 Å². The minimum absolute atomic E-state index is 0.457. The van der Waals surface area contributed by atoms with E-state index in [0.29, 0.717) is 5.82 Å². The van der Waals surface area contributed by atoms with Crippen LogP contribution in [0.4, 0.5) is 5.82 Å². The van der Waals surface area contributed by atoms with Crippen LogP contribution >= 0.6 is 22.6 Å². The van der Waals surface area contributed by atoms with E-state index in [0.717, 1.165) is 16.9 Å². The van der Waals surface area contributed by atoms with Crippen molar-refractivity contribution < 1.29 is 4.52 Å². The van der Waals surface area contributed by atoms with E-state index >= 15 is 0 Å². The molecule has 0 saturated carbocycles. The molecular formula is C10H9IN2O. The molecular weight excluding hydrogens is 291 g/mol. The van der Waals surface area contributed by atoms with Gasteiger partial charge in [-0.25, -0.2) is 0 Å². The molecule has 0 unspecified atom stereocenters. The van der Waals surface area contributed by atoms with E-state index in [-0.39, 0.29) is 0 Å². The fourth-order valence-corrected chi connectivity index (χ4v) is 1.58. The molecule has 2 N–H and O–H groups in total. The van der Waals surface area contributed by atoms with Crippen molar-refractivity contribution >= 4 is 28.4 Å². The maximum absolute atomic E-state index is 5.60. The molecule has 0 spiro atoms. The molecule has 2 aromatic rings. The molecule has 0 aliphatic rings. The molecule has 14 heavy (non-hydrogen) atoms. The summed E-state index contributed by atoms with van der Waals surface area (Å²) < 4.78 is 6.33. The molecule has 1 heterocycles. The van der Waals surface area contributed by atoms with Crippen molar-refractivity contribution in [2.75, 3.05) is 5.73 Å². The number of aromatic nitrogens is 1. The lowest BCUT2D eigenvalue weighted by Crippen LogP contribution is -1.86. The third-order valence-electron chi connectivity index (χ3n) is 2.07. The highest BCUT2D eigenvalue weighted by Crippen LogP contribution is 2.26. The van der Waals surface area contributed by atoms with Gasteiger partial charge in [-0.1, -0.05) is 17.3 Å². The lowest BCUT2D eigenvalue weighted by atomic mass is 10.1. The van der Waals surface area contributed by atoms with E-state index in [1.165, 1.54) is 3.57 Å². The fourth-order valence-electron chi connectivity index (χ4n) is 1.22. The first-order chi connectivity index (χ1) is 6.68. The topological polar surface area (TPSA) is 52.0 Å². The Labute approximate surface area is 95.4 Å². The van der Waals surface area contributed by atoms with E-state index in [4.69, 9.17) is 10.3 Å². The molecule has 0 atom stereocenters. The second-order valence-corrected chi connectivity index (χ2v) is 4.27. The molecule has 4 heteroatoms. The summed E-state index contributed by atoms with van der Waals surface area (Å²) in [6.07, 6.45) is 0. The first-order valence-corrected chi connectivity index (χ1v) is 5.24. The van der Waals surface area contributed by atoms with E-state index in [9.17, 15) is 0 Å². The Balaban J connectivity index is 2.49. The third kappa shape index (κ3) is 1.61. The van der Waals surface area contributed by atoms with Crippen molar-refractivity contribution in [1.29, 1.82) is 0 Å². The predicted octanol–water partition coefficient (Wildman–Crippen LogP) is 2.84. The van der Waals surface area contributed by atoms with Gasteiger partial charge in [0.15, 0.2) is 11.6 Å². The van der Waals surface area contributed by atoms with Gasteiger partial charge in [0, 0.05) is 14.7 Å². The van der Waals surface area contributed by atoms with Crippen LogP contribution in [-0.4, -0.2) is 5.16 Å². The van der Waals surface area contributed by atoms with Crippen LogP contribution in [0.3, 0.4) is 0 Å². The van der Waals surface area contributed by atoms with Gasteiger partial charge >= 0.3 is 0 Å². The first kappa shape index (κ1) is 9.51. The number of hydrogen-bond donors (Lipinski definition) is 1. The maximum atomic E-state index is 5.60. The molecule has 0 aliphatic carbocycles. The number of halogens is 1. The maximum Gasteiger partial charge on any atom is 0.171 e. The first-order valence-electron chi connectivity index (χ1n) is 4.16. The summed E-state index contributed by atoms with van der Waals surface area (Å²) in [5.74, 6) is 1.21. The van der Waals surface area contributed by atoms with Gasteiger partial charge in [0.1, 0.15) is 0 Å². The highest BCUT2D eigenvalue weighted by atomic mass is 127. The molecule has 0 radical (unpaired) electrons. The van der Waals surface area contributed by atoms with Crippen molar-refractivity contribution in [3.63, 3.8) is 0 Å². The molecule has 1 aromatic carbocycles. The van der Waals surface area contributed by atoms with Crippen molar-refractivity contribution in [1.82, 2.24) is 5.16 Å². The van der Waals surface area contributed by atoms with Crippen LogP contribution in [0, 0.1) is 10.5 Å². The minimum Gasteiger partial charge on any atom is -0.381 e. The van der Waals surface area contributed by atoms with Crippen LogP contribution in [0.5, 0.6) is 0 Å². The van der Waals surface area contributed by atoms with Crippen molar-refractivity contribution in [3.05, 3.63) is 33.4 Å². The van der Waals surface area contributed by atoms with Crippen molar-refractivity contribution in [2.45, 2.75) is 6.92 Å². The monoisotopic (exact) mass is 300 g/mol. The van der Waals surface area contributed by atoms with Crippen molar-refractivity contribution in [2.24, 2.45) is 0 Å². The average molecular weight is 300 g/mol. The summed E-state index contributed by atoms with van der Waals surface area (Å²) in [5.41, 5.74) is 7.50. The SMILES string of the molecule is Cc1c(N)noc1-c1ccc(I)cc1. The zero-order chi connectivity index (χ0) is 10.1. The molecule has 0 bridgehead atoms. The van der Waals surface area contributed by atoms with Crippen LogP contribution in [-0.2, 0) is 0 Å². The van der Waals surface area contributed by atoms with Gasteiger partial charge < -0.3 is 10.3 Å². The Kier molecular flexibility index (Phi) is 2.45. The second kappa shape index (κ2) is 3.61. The van der Waals surface area contributed by atoms with Gasteiger partial charge in [-0.15, -0.1) is 0 Å². The van der Waals surface area contributed by atoms with Crippen LogP contribution in [0.2, 0.25) is 0 Å². The van der Waals surface area contributed by atoms with E-state index < -0.39 is 0 Å². The zero-order valence-electron chi connectivity index (χ0n) is 7.62. The zero-order valence-corrected chi connectivity index (χ0v) is 9.78. The highest BCUT2D eigenvalue weighted by Gasteiger charge is 2.10. The molecule has 72 valence electrons. The van der Waals surface area contributed by atoms with Gasteiger partial charge in [0.25, 0.3) is 0 Å². The molecule has 0 fully saturated rings. The number of anilines is 1. The number of nitrogen functional groups attached to an aromatic ring is 1. The molecule has 1 aromatic heterocycles. The normalized spacial score (nSPS) is 10.4. The Hall–Kier alpha value is -1.04. The van der Waals surface area contributed by atoms with Crippen molar-refractivity contribution in [3.8, 4) is 11.3 Å². The Morgan fingerprint density at radius 2 is 1.93 bits per heavy atom. The lowest BCUT2D eigenvalue weighted by Gasteiger charge is -1.97. The quantitative estimate of drug-likeness (QED) is 0.824. The number of hydrogen-bond acceptors (Lipinski definition) is 3. The third-order valence-corrected chi connectivity index (χ3v) is 2.79. The summed E-state index contributed by atoms with van der Waals surface area (Å²) in [7, 11) is 0. The predicted molar refractivity (Wildman–Crippen MR) is 63.8 cm³/mol. The number of benzene rings is 1. The van der Waals surface area contributed by atoms with E-state index in [2.05, 4.69) is 27.7 Å². The Morgan fingerprint density at radius 3 is 2.43 bits per heavy atom. The van der Waals surface area contributed by atoms with Crippen LogP contribution in [0.15, 0.2) is 28.8 Å². The molecule has 0 saturated heterocycles. The largest absolute Gasteiger partial charge is 0.381 e. The number of nitrogens with zero attached hydrogens (tertiary/aromatic N) is 1. The summed E-state index contributed by atoms with van der Waals surface area (Å²) in [4.78, 5) is 0. The van der Waals surface area contributed by atoms with Gasteiger partial charge in [-0.05, 0) is 41.6 Å². The molecule has 0 aliphatic heterocycles. The molecule has 3 nitrogen and oxygen atoms in total. The Bertz CT molecular complexity index is 448. The molecule has 0 amide bonds. The minimum atomic E-state index is 0.457. The highest BCUT2D eigenvalue weighted by molar-refractivity contribution is 14.1. The number of rotatable bonds is 1. The summed E-state index contributed by atoms with van der Waals surface area (Å²) in [5, 5.41) is 3.72. The summed E-state index contributed by atoms with van der Waals surface area (Å²) >= 11 is 2.26. The van der Waals surface area contributed by atoms with Gasteiger partial charge in [-0.3, -0.25) is 0 Å². The smallest absolute Gasteiger partial charge is 0.171 e. The van der Waals surface area contributed by atoms with Crippen LogP contribution < -0.4 is 5.73 Å². The standard InChI is InChI=1S/C10H9IN2O/c1-6-9(14-13-10(6)12)7-2-4-8(11)5-3-7/h2-5H,1H3,(H2,12,13). The van der Waals surface area contributed by atoms with Crippen LogP contribution in [0.1, 0.15) is 5.56 Å². The lowest BCUT2D eigenvalue weighted by molar-refractivity contribution is 0.435.